The van der Waals surface area contributed by atoms with Crippen LogP contribution in [-0.4, -0.2) is 48.3 Å². The van der Waals surface area contributed by atoms with Crippen LogP contribution in [-0.2, 0) is 4.74 Å². The molecule has 0 aliphatic heterocycles. The van der Waals surface area contributed by atoms with E-state index in [1.807, 2.05) is 34.6 Å². The predicted molar refractivity (Wildman–Crippen MR) is 90.9 cm³/mol. The van der Waals surface area contributed by atoms with Crippen molar-refractivity contribution in [1.29, 1.82) is 0 Å². The van der Waals surface area contributed by atoms with Gasteiger partial charge in [-0.1, -0.05) is 12.8 Å². The third kappa shape index (κ3) is 6.53. The van der Waals surface area contributed by atoms with Gasteiger partial charge in [0, 0.05) is 25.2 Å². The first kappa shape index (κ1) is 19.2. The Labute approximate surface area is 135 Å². The Balaban J connectivity index is 2.45. The van der Waals surface area contributed by atoms with Crippen LogP contribution >= 0.6 is 0 Å². The minimum atomic E-state index is -0.453. The van der Waals surface area contributed by atoms with Crippen molar-refractivity contribution in [2.24, 2.45) is 11.7 Å². The lowest BCUT2D eigenvalue weighted by Crippen LogP contribution is -2.48. The van der Waals surface area contributed by atoms with E-state index in [0.29, 0.717) is 18.5 Å². The molecule has 1 aliphatic carbocycles. The number of amides is 1. The van der Waals surface area contributed by atoms with Gasteiger partial charge in [-0.05, 0) is 59.9 Å². The van der Waals surface area contributed by atoms with Crippen LogP contribution in [0.15, 0.2) is 0 Å². The van der Waals surface area contributed by atoms with E-state index in [-0.39, 0.29) is 12.1 Å². The highest BCUT2D eigenvalue weighted by molar-refractivity contribution is 5.68. The average Bonchev–Trinajstić information content (AvgIpc) is 2.41. The van der Waals surface area contributed by atoms with E-state index >= 15 is 0 Å². The zero-order valence-corrected chi connectivity index (χ0v) is 15.0. The second kappa shape index (κ2) is 8.73. The van der Waals surface area contributed by atoms with Gasteiger partial charge in [-0.3, -0.25) is 0 Å². The number of nitrogens with two attached hydrogens (primary N) is 1. The highest BCUT2D eigenvalue weighted by Gasteiger charge is 2.26. The van der Waals surface area contributed by atoms with Crippen LogP contribution < -0.4 is 11.1 Å². The zero-order chi connectivity index (χ0) is 16.8. The van der Waals surface area contributed by atoms with Gasteiger partial charge in [-0.15, -0.1) is 0 Å². The smallest absolute Gasteiger partial charge is 0.410 e. The quantitative estimate of drug-likeness (QED) is 0.791. The van der Waals surface area contributed by atoms with Gasteiger partial charge in [-0.25, -0.2) is 4.79 Å². The molecule has 3 N–H and O–H groups in total. The van der Waals surface area contributed by atoms with E-state index in [4.69, 9.17) is 10.5 Å². The number of rotatable bonds is 6. The summed E-state index contributed by atoms with van der Waals surface area (Å²) in [6.45, 7) is 11.9. The predicted octanol–water partition coefficient (Wildman–Crippen LogP) is 2.74. The van der Waals surface area contributed by atoms with Crippen molar-refractivity contribution in [3.8, 4) is 0 Å². The summed E-state index contributed by atoms with van der Waals surface area (Å²) in [5.41, 5.74) is 5.41. The molecule has 1 rings (SSSR count). The van der Waals surface area contributed by atoms with Gasteiger partial charge in [-0.2, -0.15) is 0 Å². The Bertz CT molecular complexity index is 339. The van der Waals surface area contributed by atoms with Crippen molar-refractivity contribution < 1.29 is 9.53 Å². The number of ether oxygens (including phenoxy) is 1. The molecule has 0 radical (unpaired) electrons. The molecular formula is C17H35N3O2. The lowest BCUT2D eigenvalue weighted by Gasteiger charge is -2.34. The summed E-state index contributed by atoms with van der Waals surface area (Å²) in [6.07, 6.45) is 4.73. The van der Waals surface area contributed by atoms with E-state index in [2.05, 4.69) is 5.32 Å². The van der Waals surface area contributed by atoms with E-state index in [1.54, 1.807) is 4.90 Å². The molecule has 2 atom stereocenters. The fourth-order valence-corrected chi connectivity index (χ4v) is 3.01. The van der Waals surface area contributed by atoms with Crippen molar-refractivity contribution in [2.75, 3.05) is 19.6 Å². The van der Waals surface area contributed by atoms with Gasteiger partial charge in [0.2, 0.25) is 0 Å². The summed E-state index contributed by atoms with van der Waals surface area (Å²) >= 11 is 0. The monoisotopic (exact) mass is 313 g/mol. The van der Waals surface area contributed by atoms with Gasteiger partial charge in [0.05, 0.1) is 0 Å². The van der Waals surface area contributed by atoms with Gasteiger partial charge in [0.15, 0.2) is 0 Å². The van der Waals surface area contributed by atoms with Crippen LogP contribution in [0.25, 0.3) is 0 Å². The highest BCUT2D eigenvalue weighted by atomic mass is 16.6. The van der Waals surface area contributed by atoms with Crippen molar-refractivity contribution in [2.45, 2.75) is 78.0 Å². The number of nitrogens with zero attached hydrogens (tertiary/aromatic N) is 1. The maximum absolute atomic E-state index is 12.3. The van der Waals surface area contributed by atoms with Crippen LogP contribution in [0.2, 0.25) is 0 Å². The Morgan fingerprint density at radius 1 is 1.32 bits per heavy atom. The molecule has 0 bridgehead atoms. The van der Waals surface area contributed by atoms with Gasteiger partial charge in [0.25, 0.3) is 0 Å². The molecule has 5 heteroatoms. The van der Waals surface area contributed by atoms with Gasteiger partial charge < -0.3 is 20.7 Å². The molecular weight excluding hydrogens is 278 g/mol. The van der Waals surface area contributed by atoms with Crippen LogP contribution in [0.3, 0.4) is 0 Å². The molecule has 130 valence electrons. The molecule has 0 aromatic heterocycles. The fraction of sp³-hybridized carbons (Fsp3) is 0.941. The van der Waals surface area contributed by atoms with E-state index < -0.39 is 5.60 Å². The lowest BCUT2D eigenvalue weighted by molar-refractivity contribution is 0.0190. The molecule has 0 aromatic carbocycles. The van der Waals surface area contributed by atoms with Crippen molar-refractivity contribution in [1.82, 2.24) is 10.2 Å². The Kier molecular flexibility index (Phi) is 7.63. The molecule has 1 saturated carbocycles. The molecule has 2 unspecified atom stereocenters. The lowest BCUT2D eigenvalue weighted by atomic mass is 9.84. The third-order valence-electron chi connectivity index (χ3n) is 4.22. The average molecular weight is 313 g/mol. The molecule has 0 saturated heterocycles. The van der Waals surface area contributed by atoms with Crippen LogP contribution in [0.4, 0.5) is 4.79 Å². The van der Waals surface area contributed by atoms with Crippen LogP contribution in [0, 0.1) is 5.92 Å². The number of hydrogen-bond donors (Lipinski definition) is 2. The van der Waals surface area contributed by atoms with Crippen LogP contribution in [0.5, 0.6) is 0 Å². The first-order chi connectivity index (χ1) is 10.2. The first-order valence-corrected chi connectivity index (χ1v) is 8.67. The van der Waals surface area contributed by atoms with Gasteiger partial charge in [0.1, 0.15) is 5.60 Å². The number of carbonyl (C=O) groups excluding carboxylic acids is 1. The fourth-order valence-electron chi connectivity index (χ4n) is 3.01. The summed E-state index contributed by atoms with van der Waals surface area (Å²) in [7, 11) is 0. The van der Waals surface area contributed by atoms with Gasteiger partial charge >= 0.3 is 6.09 Å². The second-order valence-electron chi connectivity index (χ2n) is 7.61. The SMILES string of the molecule is CC(C)N(CCNC1CCCCC1CN)C(=O)OC(C)(C)C. The normalized spacial score (nSPS) is 22.7. The van der Waals surface area contributed by atoms with Crippen LogP contribution in [0.1, 0.15) is 60.3 Å². The number of carbonyl (C=O) groups is 1. The summed E-state index contributed by atoms with van der Waals surface area (Å²) in [4.78, 5) is 14.0. The van der Waals surface area contributed by atoms with Crippen molar-refractivity contribution in [3.63, 3.8) is 0 Å². The number of nitrogens with one attached hydrogen (secondary N) is 1. The number of hydrogen-bond acceptors (Lipinski definition) is 4. The minimum Gasteiger partial charge on any atom is -0.444 e. The van der Waals surface area contributed by atoms with Crippen molar-refractivity contribution in [3.05, 3.63) is 0 Å². The summed E-state index contributed by atoms with van der Waals surface area (Å²) in [6, 6.07) is 0.625. The maximum Gasteiger partial charge on any atom is 0.410 e. The zero-order valence-electron chi connectivity index (χ0n) is 15.0. The summed E-state index contributed by atoms with van der Waals surface area (Å²) in [5.74, 6) is 0.572. The topological polar surface area (TPSA) is 67.6 Å². The minimum absolute atomic E-state index is 0.133. The maximum atomic E-state index is 12.3. The first-order valence-electron chi connectivity index (χ1n) is 8.67. The van der Waals surface area contributed by atoms with E-state index in [9.17, 15) is 4.79 Å². The molecule has 1 fully saturated rings. The molecule has 22 heavy (non-hydrogen) atoms. The summed E-state index contributed by atoms with van der Waals surface area (Å²) in [5, 5.41) is 3.60. The van der Waals surface area contributed by atoms with Crippen molar-refractivity contribution >= 4 is 6.09 Å². The highest BCUT2D eigenvalue weighted by Crippen LogP contribution is 2.23. The second-order valence-corrected chi connectivity index (χ2v) is 7.61. The third-order valence-corrected chi connectivity index (χ3v) is 4.22. The van der Waals surface area contributed by atoms with E-state index in [1.165, 1.54) is 25.7 Å². The largest absolute Gasteiger partial charge is 0.444 e. The summed E-state index contributed by atoms with van der Waals surface area (Å²) < 4.78 is 5.49. The van der Waals surface area contributed by atoms with E-state index in [0.717, 1.165) is 13.1 Å². The molecule has 5 nitrogen and oxygen atoms in total. The molecule has 0 heterocycles. The molecule has 0 aromatic rings. The Morgan fingerprint density at radius 2 is 1.95 bits per heavy atom. The molecule has 1 aliphatic rings. The molecule has 0 spiro atoms. The molecule has 1 amide bonds. The standard InChI is InChI=1S/C17H35N3O2/c1-13(2)20(16(21)22-17(3,4)5)11-10-19-15-9-7-6-8-14(15)12-18/h13-15,19H,6-12,18H2,1-5H3. The Hall–Kier alpha value is -0.810. The Morgan fingerprint density at radius 3 is 2.50 bits per heavy atom.